The zero-order valence-corrected chi connectivity index (χ0v) is 7.51. The predicted molar refractivity (Wildman–Crippen MR) is 57.0 cm³/mol. The van der Waals surface area contributed by atoms with Gasteiger partial charge in [0.25, 0.3) is 0 Å². The highest BCUT2D eigenvalue weighted by Gasteiger charge is 1.96. The van der Waals surface area contributed by atoms with Gasteiger partial charge in [-0.2, -0.15) is 10.2 Å². The van der Waals surface area contributed by atoms with Gasteiger partial charge in [-0.25, -0.2) is 0 Å². The van der Waals surface area contributed by atoms with Crippen molar-refractivity contribution in [1.82, 2.24) is 10.2 Å². The third-order valence-corrected chi connectivity index (χ3v) is 2.41. The van der Waals surface area contributed by atoms with Crippen LogP contribution in [0.4, 0.5) is 0 Å². The molecule has 66 valence electrons. The molecule has 2 nitrogen and oxygen atoms in total. The minimum atomic E-state index is 1.14. The van der Waals surface area contributed by atoms with Gasteiger partial charge in [-0.3, -0.25) is 0 Å². The largest absolute Gasteiger partial charge is 0.158 e. The molecule has 0 fully saturated rings. The Hall–Kier alpha value is -1.96. The quantitative estimate of drug-likeness (QED) is 0.497. The van der Waals surface area contributed by atoms with Gasteiger partial charge in [0.2, 0.25) is 0 Å². The van der Waals surface area contributed by atoms with Crippen LogP contribution in [0, 0.1) is 0 Å². The first-order chi connectivity index (χ1) is 6.93. The second kappa shape index (κ2) is 2.77. The fraction of sp³-hybridized carbons (Fsp3) is 0. The van der Waals surface area contributed by atoms with E-state index < -0.39 is 0 Å². The third kappa shape index (κ3) is 1.04. The molecule has 0 N–H and O–H groups in total. The van der Waals surface area contributed by atoms with Crippen LogP contribution in [0.1, 0.15) is 0 Å². The van der Waals surface area contributed by atoms with Crippen LogP contribution in [0.25, 0.3) is 21.5 Å². The molecular formula is C12H8N2. The summed E-state index contributed by atoms with van der Waals surface area (Å²) in [7, 11) is 0. The maximum atomic E-state index is 3.87. The van der Waals surface area contributed by atoms with Crippen molar-refractivity contribution in [3.8, 4) is 0 Å². The van der Waals surface area contributed by atoms with Crippen molar-refractivity contribution < 1.29 is 0 Å². The van der Waals surface area contributed by atoms with Crippen molar-refractivity contribution in [3.63, 3.8) is 0 Å². The Morgan fingerprint density at radius 1 is 0.643 bits per heavy atom. The van der Waals surface area contributed by atoms with E-state index in [2.05, 4.69) is 34.5 Å². The van der Waals surface area contributed by atoms with Crippen LogP contribution < -0.4 is 0 Å². The molecule has 3 rings (SSSR count). The fourth-order valence-corrected chi connectivity index (χ4v) is 1.69. The molecule has 1 aromatic heterocycles. The van der Waals surface area contributed by atoms with Gasteiger partial charge in [0, 0.05) is 10.8 Å². The average Bonchev–Trinajstić information content (AvgIpc) is 2.26. The zero-order chi connectivity index (χ0) is 9.38. The van der Waals surface area contributed by atoms with Crippen LogP contribution in [-0.4, -0.2) is 10.2 Å². The van der Waals surface area contributed by atoms with E-state index >= 15 is 0 Å². The summed E-state index contributed by atoms with van der Waals surface area (Å²) < 4.78 is 0. The molecule has 0 unspecified atom stereocenters. The Kier molecular flexibility index (Phi) is 1.47. The van der Waals surface area contributed by atoms with Crippen LogP contribution in [0.15, 0.2) is 48.8 Å². The van der Waals surface area contributed by atoms with E-state index in [1.54, 1.807) is 12.4 Å². The molecular weight excluding hydrogens is 172 g/mol. The molecule has 1 heterocycles. The second-order valence-electron chi connectivity index (χ2n) is 3.32. The molecule has 0 saturated carbocycles. The molecule has 0 atom stereocenters. The Bertz CT molecular complexity index is 497. The summed E-state index contributed by atoms with van der Waals surface area (Å²) in [6.45, 7) is 0. The van der Waals surface area contributed by atoms with Crippen molar-refractivity contribution >= 4 is 21.5 Å². The van der Waals surface area contributed by atoms with Gasteiger partial charge in [-0.05, 0) is 22.9 Å². The molecule has 0 saturated heterocycles. The summed E-state index contributed by atoms with van der Waals surface area (Å²) in [6.07, 6.45) is 3.59. The Morgan fingerprint density at radius 2 is 1.14 bits per heavy atom. The summed E-state index contributed by atoms with van der Waals surface area (Å²) >= 11 is 0. The first-order valence-corrected chi connectivity index (χ1v) is 4.53. The monoisotopic (exact) mass is 180 g/mol. The fourth-order valence-electron chi connectivity index (χ4n) is 1.69. The Labute approximate surface area is 81.2 Å². The number of nitrogens with zero attached hydrogens (tertiary/aromatic N) is 2. The highest BCUT2D eigenvalue weighted by Crippen LogP contribution is 2.20. The molecule has 2 heteroatoms. The van der Waals surface area contributed by atoms with Gasteiger partial charge in [-0.15, -0.1) is 0 Å². The number of hydrogen-bond acceptors (Lipinski definition) is 2. The molecule has 0 aliphatic heterocycles. The lowest BCUT2D eigenvalue weighted by Crippen LogP contribution is -1.80. The van der Waals surface area contributed by atoms with Crippen LogP contribution in [0.5, 0.6) is 0 Å². The van der Waals surface area contributed by atoms with Gasteiger partial charge < -0.3 is 0 Å². The van der Waals surface area contributed by atoms with Crippen molar-refractivity contribution in [2.24, 2.45) is 0 Å². The van der Waals surface area contributed by atoms with Crippen molar-refractivity contribution in [3.05, 3.63) is 48.8 Å². The number of hydrogen-bond donors (Lipinski definition) is 0. The number of rotatable bonds is 0. The van der Waals surface area contributed by atoms with Crippen LogP contribution >= 0.6 is 0 Å². The predicted octanol–water partition coefficient (Wildman–Crippen LogP) is 2.78. The molecule has 0 aliphatic rings. The number of aromatic nitrogens is 2. The minimum Gasteiger partial charge on any atom is -0.158 e. The highest BCUT2D eigenvalue weighted by molar-refractivity contribution is 5.97. The first-order valence-electron chi connectivity index (χ1n) is 4.53. The van der Waals surface area contributed by atoms with Crippen molar-refractivity contribution in [1.29, 1.82) is 0 Å². The molecule has 0 amide bonds. The smallest absolute Gasteiger partial charge is 0.0574 e. The van der Waals surface area contributed by atoms with Gasteiger partial charge in [0.05, 0.1) is 12.4 Å². The summed E-state index contributed by atoms with van der Waals surface area (Å²) in [5, 5.41) is 12.5. The maximum Gasteiger partial charge on any atom is 0.0574 e. The molecule has 0 aliphatic carbocycles. The molecule has 0 spiro atoms. The third-order valence-electron chi connectivity index (χ3n) is 2.41. The molecule has 14 heavy (non-hydrogen) atoms. The van der Waals surface area contributed by atoms with E-state index in [-0.39, 0.29) is 0 Å². The van der Waals surface area contributed by atoms with Gasteiger partial charge in [0.1, 0.15) is 0 Å². The van der Waals surface area contributed by atoms with E-state index in [0.29, 0.717) is 0 Å². The van der Waals surface area contributed by atoms with E-state index in [0.717, 1.165) is 10.8 Å². The van der Waals surface area contributed by atoms with E-state index in [1.807, 2.05) is 12.1 Å². The maximum absolute atomic E-state index is 3.87. The summed E-state index contributed by atoms with van der Waals surface area (Å²) in [6, 6.07) is 12.6. The standard InChI is InChI=1S/C12H8N2/c1-2-4-10-6-12-8-14-13-7-11(12)5-9(10)3-1/h1-8H. The second-order valence-corrected chi connectivity index (χ2v) is 3.32. The first kappa shape index (κ1) is 7.44. The van der Waals surface area contributed by atoms with E-state index in [9.17, 15) is 0 Å². The van der Waals surface area contributed by atoms with Crippen LogP contribution in [0.2, 0.25) is 0 Å². The van der Waals surface area contributed by atoms with Crippen molar-refractivity contribution in [2.45, 2.75) is 0 Å². The summed E-state index contributed by atoms with van der Waals surface area (Å²) in [5.74, 6) is 0. The van der Waals surface area contributed by atoms with E-state index in [1.165, 1.54) is 10.8 Å². The van der Waals surface area contributed by atoms with Crippen LogP contribution in [0.3, 0.4) is 0 Å². The Morgan fingerprint density at radius 3 is 1.64 bits per heavy atom. The Balaban J connectivity index is 2.52. The lowest BCUT2D eigenvalue weighted by Gasteiger charge is -1.99. The number of fused-ring (bicyclic) bond motifs is 2. The molecule has 0 bridgehead atoms. The number of benzene rings is 2. The highest BCUT2D eigenvalue weighted by atomic mass is 15.1. The molecule has 0 radical (unpaired) electrons. The average molecular weight is 180 g/mol. The van der Waals surface area contributed by atoms with Crippen LogP contribution in [-0.2, 0) is 0 Å². The lowest BCUT2D eigenvalue weighted by atomic mass is 10.1. The SMILES string of the molecule is c1ccc2cc3cnncc3cc2c1. The van der Waals surface area contributed by atoms with Gasteiger partial charge in [0.15, 0.2) is 0 Å². The minimum absolute atomic E-state index is 1.14. The van der Waals surface area contributed by atoms with Gasteiger partial charge >= 0.3 is 0 Å². The molecule has 2 aromatic carbocycles. The van der Waals surface area contributed by atoms with Crippen molar-refractivity contribution in [2.75, 3.05) is 0 Å². The zero-order valence-electron chi connectivity index (χ0n) is 7.51. The molecule has 3 aromatic rings. The summed E-state index contributed by atoms with van der Waals surface area (Å²) in [5.41, 5.74) is 0. The summed E-state index contributed by atoms with van der Waals surface area (Å²) in [4.78, 5) is 0. The normalized spacial score (nSPS) is 10.9. The lowest BCUT2D eigenvalue weighted by molar-refractivity contribution is 1.05. The topological polar surface area (TPSA) is 25.8 Å². The van der Waals surface area contributed by atoms with E-state index in [4.69, 9.17) is 0 Å². The van der Waals surface area contributed by atoms with Gasteiger partial charge in [-0.1, -0.05) is 24.3 Å².